The van der Waals surface area contributed by atoms with Gasteiger partial charge in [-0.05, 0) is 61.2 Å². The minimum Gasteiger partial charge on any atom is -0.437 e. The molecule has 0 atom stereocenters. The molecule has 3 aromatic rings. The highest BCUT2D eigenvalue weighted by atomic mass is 35.5. The fourth-order valence-electron chi connectivity index (χ4n) is 5.14. The molecule has 2 fully saturated rings. The Morgan fingerprint density at radius 3 is 2.28 bits per heavy atom. The van der Waals surface area contributed by atoms with Gasteiger partial charge in [0.05, 0.1) is 18.4 Å². The lowest BCUT2D eigenvalue weighted by Gasteiger charge is -2.34. The quantitative estimate of drug-likeness (QED) is 0.299. The summed E-state index contributed by atoms with van der Waals surface area (Å²) in [6.07, 6.45) is 6.06. The second kappa shape index (κ2) is 13.1. The molecule has 0 amide bonds. The molecule has 0 saturated carbocycles. The number of ether oxygens (including phenoxy) is 1. The topological polar surface area (TPSA) is 61.8 Å². The molecule has 0 N–H and O–H groups in total. The van der Waals surface area contributed by atoms with Gasteiger partial charge in [0, 0.05) is 73.9 Å². The van der Waals surface area contributed by atoms with Gasteiger partial charge in [0.25, 0.3) is 0 Å². The number of piperazine rings is 1. The number of piperidine rings is 1. The van der Waals surface area contributed by atoms with Crippen LogP contribution in [0.25, 0.3) is 11.3 Å². The summed E-state index contributed by atoms with van der Waals surface area (Å²) in [5.41, 5.74) is 2.67. The van der Waals surface area contributed by atoms with Gasteiger partial charge in [0.2, 0.25) is 5.88 Å². The fourth-order valence-corrected chi connectivity index (χ4v) is 5.67. The van der Waals surface area contributed by atoms with Gasteiger partial charge in [-0.25, -0.2) is 9.97 Å². The molecule has 0 bridgehead atoms. The van der Waals surface area contributed by atoms with E-state index in [1.807, 2.05) is 37.3 Å². The van der Waals surface area contributed by atoms with Gasteiger partial charge in [0.1, 0.15) is 17.4 Å². The number of carbonyl (C=O) groups is 1. The van der Waals surface area contributed by atoms with Gasteiger partial charge >= 0.3 is 0 Å². The Bertz CT molecular complexity index is 1250. The molecule has 2 aliphatic heterocycles. The number of nitrogens with zero attached hydrogens (tertiary/aromatic N) is 5. The Kier molecular flexibility index (Phi) is 9.35. The second-order valence-corrected chi connectivity index (χ2v) is 11.2. The highest BCUT2D eigenvalue weighted by Gasteiger charge is 2.20. The zero-order valence-corrected chi connectivity index (χ0v) is 23.9. The van der Waals surface area contributed by atoms with Gasteiger partial charge in [-0.2, -0.15) is 0 Å². The summed E-state index contributed by atoms with van der Waals surface area (Å²) in [6.45, 7) is 8.87. The smallest absolute Gasteiger partial charge is 0.220 e. The van der Waals surface area contributed by atoms with Crippen LogP contribution in [0.5, 0.6) is 11.6 Å². The average Bonchev–Trinajstić information content (AvgIpc) is 2.94. The van der Waals surface area contributed by atoms with Crippen molar-refractivity contribution in [3.63, 3.8) is 0 Å². The number of rotatable bonds is 9. The number of benzene rings is 1. The van der Waals surface area contributed by atoms with Crippen molar-refractivity contribution in [1.82, 2.24) is 19.8 Å². The molecule has 4 heterocycles. The molecule has 0 unspecified atom stereocenters. The molecule has 7 nitrogen and oxygen atoms in total. The van der Waals surface area contributed by atoms with Crippen LogP contribution in [0, 0.1) is 0 Å². The van der Waals surface area contributed by atoms with Crippen LogP contribution in [0.4, 0.5) is 5.82 Å². The van der Waals surface area contributed by atoms with E-state index in [0.717, 1.165) is 68.5 Å². The first-order valence-electron chi connectivity index (χ1n) is 13.8. The SMILES string of the molecule is CCC(=O)CN1CCN(Cc2cc(Oc3ccc(N4CCCCC4)nc3)nc(-c3cc(Cl)cc(Cl)c3)c2)CC1. The molecular weight excluding hydrogens is 533 g/mol. The monoisotopic (exact) mass is 567 g/mol. The molecule has 39 heavy (non-hydrogen) atoms. The molecule has 2 saturated heterocycles. The number of anilines is 1. The summed E-state index contributed by atoms with van der Waals surface area (Å²) in [5, 5.41) is 1.12. The second-order valence-electron chi connectivity index (χ2n) is 10.3. The van der Waals surface area contributed by atoms with Crippen molar-refractivity contribution in [3.05, 3.63) is 64.3 Å². The van der Waals surface area contributed by atoms with Crippen LogP contribution in [0.2, 0.25) is 10.0 Å². The highest BCUT2D eigenvalue weighted by Crippen LogP contribution is 2.31. The van der Waals surface area contributed by atoms with Gasteiger partial charge < -0.3 is 9.64 Å². The van der Waals surface area contributed by atoms with Crippen LogP contribution in [0.3, 0.4) is 0 Å². The van der Waals surface area contributed by atoms with Crippen molar-refractivity contribution in [1.29, 1.82) is 0 Å². The van der Waals surface area contributed by atoms with E-state index in [-0.39, 0.29) is 0 Å². The first-order chi connectivity index (χ1) is 18.9. The van der Waals surface area contributed by atoms with E-state index in [4.69, 9.17) is 32.9 Å². The number of pyridine rings is 2. The summed E-state index contributed by atoms with van der Waals surface area (Å²) < 4.78 is 6.22. The molecular formula is C30H35Cl2N5O2. The normalized spacial score (nSPS) is 16.8. The molecule has 206 valence electrons. The Hall–Kier alpha value is -2.71. The Balaban J connectivity index is 1.34. The van der Waals surface area contributed by atoms with Crippen LogP contribution in [0.1, 0.15) is 38.2 Å². The van der Waals surface area contributed by atoms with Crippen molar-refractivity contribution < 1.29 is 9.53 Å². The van der Waals surface area contributed by atoms with Gasteiger partial charge in [-0.1, -0.05) is 30.1 Å². The minimum absolute atomic E-state index is 0.294. The van der Waals surface area contributed by atoms with E-state index in [1.165, 1.54) is 19.3 Å². The predicted molar refractivity (Wildman–Crippen MR) is 157 cm³/mol. The lowest BCUT2D eigenvalue weighted by atomic mass is 10.1. The molecule has 2 aliphatic rings. The van der Waals surface area contributed by atoms with Crippen molar-refractivity contribution in [2.24, 2.45) is 0 Å². The Morgan fingerprint density at radius 2 is 1.62 bits per heavy atom. The zero-order chi connectivity index (χ0) is 27.2. The van der Waals surface area contributed by atoms with Crippen molar-refractivity contribution >= 4 is 34.8 Å². The van der Waals surface area contributed by atoms with E-state index in [0.29, 0.717) is 40.4 Å². The third-order valence-corrected chi connectivity index (χ3v) is 7.74. The first kappa shape index (κ1) is 27.8. The largest absolute Gasteiger partial charge is 0.437 e. The van der Waals surface area contributed by atoms with Gasteiger partial charge in [0.15, 0.2) is 0 Å². The number of ketones is 1. The van der Waals surface area contributed by atoms with E-state index in [1.54, 1.807) is 12.3 Å². The van der Waals surface area contributed by atoms with E-state index >= 15 is 0 Å². The minimum atomic E-state index is 0.294. The molecule has 2 aromatic heterocycles. The number of hydrogen-bond donors (Lipinski definition) is 0. The first-order valence-corrected chi connectivity index (χ1v) is 14.5. The lowest BCUT2D eigenvalue weighted by Crippen LogP contribution is -2.47. The van der Waals surface area contributed by atoms with Gasteiger partial charge in [-0.3, -0.25) is 14.6 Å². The number of hydrogen-bond acceptors (Lipinski definition) is 7. The van der Waals surface area contributed by atoms with Crippen molar-refractivity contribution in [3.8, 4) is 22.9 Å². The van der Waals surface area contributed by atoms with E-state index < -0.39 is 0 Å². The lowest BCUT2D eigenvalue weighted by molar-refractivity contribution is -0.120. The maximum atomic E-state index is 11.9. The molecule has 0 radical (unpaired) electrons. The zero-order valence-electron chi connectivity index (χ0n) is 22.4. The summed E-state index contributed by atoms with van der Waals surface area (Å²) in [7, 11) is 0. The predicted octanol–water partition coefficient (Wildman–Crippen LogP) is 6.33. The van der Waals surface area contributed by atoms with Crippen LogP contribution in [0.15, 0.2) is 48.7 Å². The highest BCUT2D eigenvalue weighted by molar-refractivity contribution is 6.35. The van der Waals surface area contributed by atoms with Crippen LogP contribution in [-0.2, 0) is 11.3 Å². The maximum absolute atomic E-state index is 11.9. The summed E-state index contributed by atoms with van der Waals surface area (Å²) in [6, 6.07) is 13.5. The van der Waals surface area contributed by atoms with Gasteiger partial charge in [-0.15, -0.1) is 0 Å². The third kappa shape index (κ3) is 7.70. The maximum Gasteiger partial charge on any atom is 0.220 e. The van der Waals surface area contributed by atoms with Crippen LogP contribution >= 0.6 is 23.2 Å². The fraction of sp³-hybridized carbons (Fsp3) is 0.433. The van der Waals surface area contributed by atoms with E-state index in [2.05, 4.69) is 25.8 Å². The molecule has 1 aromatic carbocycles. The summed E-state index contributed by atoms with van der Waals surface area (Å²) >= 11 is 12.6. The van der Waals surface area contributed by atoms with Crippen molar-refractivity contribution in [2.75, 3.05) is 50.7 Å². The Morgan fingerprint density at radius 1 is 0.897 bits per heavy atom. The number of aromatic nitrogens is 2. The summed E-state index contributed by atoms with van der Waals surface area (Å²) in [5.74, 6) is 2.42. The van der Waals surface area contributed by atoms with Crippen LogP contribution < -0.4 is 9.64 Å². The number of halogens is 2. The molecule has 0 spiro atoms. The number of carbonyl (C=O) groups excluding carboxylic acids is 1. The third-order valence-electron chi connectivity index (χ3n) is 7.31. The Labute approximate surface area is 240 Å². The van der Waals surface area contributed by atoms with Crippen LogP contribution in [-0.4, -0.2) is 71.4 Å². The number of Topliss-reactive ketones (excluding diaryl/α,β-unsaturated/α-hetero) is 1. The molecule has 5 rings (SSSR count). The average molecular weight is 569 g/mol. The molecule has 0 aliphatic carbocycles. The van der Waals surface area contributed by atoms with E-state index in [9.17, 15) is 4.79 Å². The molecule has 9 heteroatoms. The van der Waals surface area contributed by atoms with Crippen molar-refractivity contribution in [2.45, 2.75) is 39.2 Å². The standard InChI is InChI=1S/C30H35Cl2N5O2/c1-2-26(38)21-36-12-10-35(11-13-36)20-22-14-28(23-16-24(31)18-25(32)17-23)34-30(15-22)39-27-6-7-29(33-19-27)37-8-4-3-5-9-37/h6-7,14-19H,2-5,8-13,20-21H2,1H3. The summed E-state index contributed by atoms with van der Waals surface area (Å²) in [4.78, 5) is 28.3.